The summed E-state index contributed by atoms with van der Waals surface area (Å²) in [5.41, 5.74) is 3.38. The smallest absolute Gasteiger partial charge is 0.174 e. The van der Waals surface area contributed by atoms with Crippen LogP contribution in [0.1, 0.15) is 20.9 Å². The van der Waals surface area contributed by atoms with E-state index in [9.17, 15) is 9.90 Å². The highest BCUT2D eigenvalue weighted by Crippen LogP contribution is 2.27. The summed E-state index contributed by atoms with van der Waals surface area (Å²) in [6.07, 6.45) is 5.39. The van der Waals surface area contributed by atoms with Gasteiger partial charge in [-0.3, -0.25) is 0 Å². The number of thioether (sulfide) groups is 1. The standard InChI is InChI=1S/C14H12N4O2S2/c1-9-6-11(18-5-4-15-8-18)3-2-10(9)7-21-14-17-16-12(22-14)13(19)20/h2-6,8H,7H2,1H3,(H,19,20)/p-1. The molecule has 6 nitrogen and oxygen atoms in total. The number of aryl methyl sites for hydroxylation is 1. The lowest BCUT2D eigenvalue weighted by atomic mass is 10.1. The van der Waals surface area contributed by atoms with Gasteiger partial charge in [-0.05, 0) is 30.2 Å². The fraction of sp³-hybridized carbons (Fsp3) is 0.143. The summed E-state index contributed by atoms with van der Waals surface area (Å²) in [5, 5.41) is 18.0. The highest BCUT2D eigenvalue weighted by Gasteiger charge is 2.07. The second-order valence-corrected chi connectivity index (χ2v) is 6.73. The SMILES string of the molecule is Cc1cc(-n2ccnc2)ccc1CSc1nnc(C(=O)[O-])s1. The van der Waals surface area contributed by atoms with Crippen LogP contribution < -0.4 is 5.11 Å². The van der Waals surface area contributed by atoms with Crippen molar-refractivity contribution in [3.63, 3.8) is 0 Å². The predicted octanol–water partition coefficient (Wildman–Crippen LogP) is 1.69. The third-order valence-electron chi connectivity index (χ3n) is 3.06. The van der Waals surface area contributed by atoms with Crippen molar-refractivity contribution >= 4 is 29.1 Å². The Hall–Kier alpha value is -2.19. The second-order valence-electron chi connectivity index (χ2n) is 4.53. The molecule has 112 valence electrons. The summed E-state index contributed by atoms with van der Waals surface area (Å²) in [4.78, 5) is 14.7. The minimum absolute atomic E-state index is 0.0883. The first-order valence-electron chi connectivity index (χ1n) is 6.39. The zero-order valence-corrected chi connectivity index (χ0v) is 13.2. The Morgan fingerprint density at radius 1 is 1.41 bits per heavy atom. The van der Waals surface area contributed by atoms with Crippen molar-refractivity contribution < 1.29 is 9.90 Å². The van der Waals surface area contributed by atoms with Crippen LogP contribution in [0.3, 0.4) is 0 Å². The van der Waals surface area contributed by atoms with Gasteiger partial charge in [0.25, 0.3) is 0 Å². The molecule has 0 aliphatic carbocycles. The van der Waals surface area contributed by atoms with Crippen LogP contribution in [-0.4, -0.2) is 25.7 Å². The van der Waals surface area contributed by atoms with E-state index < -0.39 is 5.97 Å². The molecule has 0 aliphatic heterocycles. The first-order chi connectivity index (χ1) is 10.6. The number of hydrogen-bond donors (Lipinski definition) is 0. The van der Waals surface area contributed by atoms with Gasteiger partial charge < -0.3 is 14.5 Å². The Labute approximate surface area is 134 Å². The molecule has 0 saturated heterocycles. The van der Waals surface area contributed by atoms with E-state index in [1.54, 1.807) is 12.5 Å². The van der Waals surface area contributed by atoms with Crippen molar-refractivity contribution in [3.05, 3.63) is 53.1 Å². The van der Waals surface area contributed by atoms with E-state index in [0.29, 0.717) is 10.1 Å². The number of carbonyl (C=O) groups excluding carboxylic acids is 1. The van der Waals surface area contributed by atoms with Crippen molar-refractivity contribution in [2.75, 3.05) is 0 Å². The Balaban J connectivity index is 1.71. The summed E-state index contributed by atoms with van der Waals surface area (Å²) in [6.45, 7) is 2.04. The van der Waals surface area contributed by atoms with Crippen LogP contribution in [0.2, 0.25) is 0 Å². The molecule has 1 aromatic carbocycles. The van der Waals surface area contributed by atoms with Crippen LogP contribution in [0.15, 0.2) is 41.3 Å². The Kier molecular flexibility index (Phi) is 4.21. The zero-order valence-electron chi connectivity index (χ0n) is 11.6. The van der Waals surface area contributed by atoms with Gasteiger partial charge in [0.15, 0.2) is 9.35 Å². The number of carbonyl (C=O) groups is 1. The van der Waals surface area contributed by atoms with Crippen LogP contribution in [0.5, 0.6) is 0 Å². The van der Waals surface area contributed by atoms with Crippen LogP contribution in [-0.2, 0) is 5.75 Å². The number of nitrogens with zero attached hydrogens (tertiary/aromatic N) is 4. The minimum Gasteiger partial charge on any atom is -0.542 e. The number of aromatic nitrogens is 4. The summed E-state index contributed by atoms with van der Waals surface area (Å²) in [6, 6.07) is 6.17. The average Bonchev–Trinajstić information content (AvgIpc) is 3.17. The van der Waals surface area contributed by atoms with E-state index in [-0.39, 0.29) is 5.01 Å². The van der Waals surface area contributed by atoms with Gasteiger partial charge in [-0.2, -0.15) is 0 Å². The predicted molar refractivity (Wildman–Crippen MR) is 82.1 cm³/mol. The summed E-state index contributed by atoms with van der Waals surface area (Å²) in [5.74, 6) is -0.581. The molecule has 0 bridgehead atoms. The van der Waals surface area contributed by atoms with E-state index in [2.05, 4.69) is 27.3 Å². The Morgan fingerprint density at radius 2 is 2.27 bits per heavy atom. The van der Waals surface area contributed by atoms with Crippen molar-refractivity contribution in [2.24, 2.45) is 0 Å². The van der Waals surface area contributed by atoms with Gasteiger partial charge in [0.05, 0.1) is 6.33 Å². The van der Waals surface area contributed by atoms with Crippen LogP contribution in [0.4, 0.5) is 0 Å². The number of imidazole rings is 1. The molecule has 2 heterocycles. The number of aromatic carboxylic acids is 1. The third kappa shape index (κ3) is 3.18. The van der Waals surface area contributed by atoms with Crippen LogP contribution >= 0.6 is 23.1 Å². The molecule has 0 amide bonds. The summed E-state index contributed by atoms with van der Waals surface area (Å²) >= 11 is 2.50. The molecule has 22 heavy (non-hydrogen) atoms. The van der Waals surface area contributed by atoms with Crippen LogP contribution in [0, 0.1) is 6.92 Å². The first kappa shape index (κ1) is 14.7. The third-order valence-corrected chi connectivity index (χ3v) is 5.15. The average molecular weight is 331 g/mol. The minimum atomic E-state index is -1.29. The highest BCUT2D eigenvalue weighted by atomic mass is 32.2. The number of hydrogen-bond acceptors (Lipinski definition) is 7. The lowest BCUT2D eigenvalue weighted by molar-refractivity contribution is -0.255. The highest BCUT2D eigenvalue weighted by molar-refractivity contribution is 8.00. The largest absolute Gasteiger partial charge is 0.542 e. The molecule has 0 fully saturated rings. The number of benzene rings is 1. The van der Waals surface area contributed by atoms with Gasteiger partial charge in [-0.25, -0.2) is 4.98 Å². The molecule has 0 spiro atoms. The van der Waals surface area contributed by atoms with E-state index in [4.69, 9.17) is 0 Å². The van der Waals surface area contributed by atoms with Gasteiger partial charge in [0.1, 0.15) is 5.97 Å². The fourth-order valence-electron chi connectivity index (χ4n) is 1.90. The number of carboxylic acids is 1. The molecule has 0 saturated carbocycles. The molecule has 2 aromatic heterocycles. The second kappa shape index (κ2) is 6.29. The van der Waals surface area contributed by atoms with E-state index in [1.807, 2.05) is 23.8 Å². The molecule has 0 aliphatic rings. The van der Waals surface area contributed by atoms with Crippen molar-refractivity contribution in [3.8, 4) is 5.69 Å². The molecular weight excluding hydrogens is 320 g/mol. The zero-order chi connectivity index (χ0) is 15.5. The number of rotatable bonds is 5. The molecular formula is C14H11N4O2S2-. The van der Waals surface area contributed by atoms with Gasteiger partial charge in [0, 0.05) is 23.8 Å². The lowest BCUT2D eigenvalue weighted by Gasteiger charge is -2.08. The van der Waals surface area contributed by atoms with Gasteiger partial charge in [-0.15, -0.1) is 10.2 Å². The molecule has 8 heteroatoms. The molecule has 0 radical (unpaired) electrons. The van der Waals surface area contributed by atoms with Crippen molar-refractivity contribution in [1.29, 1.82) is 0 Å². The fourth-order valence-corrected chi connectivity index (χ4v) is 3.67. The van der Waals surface area contributed by atoms with Crippen LogP contribution in [0.25, 0.3) is 5.69 Å². The Bertz CT molecular complexity index is 799. The quantitative estimate of drug-likeness (QED) is 0.662. The molecule has 0 atom stereocenters. The monoisotopic (exact) mass is 331 g/mol. The Morgan fingerprint density at radius 3 is 2.91 bits per heavy atom. The maximum absolute atomic E-state index is 10.7. The summed E-state index contributed by atoms with van der Waals surface area (Å²) < 4.78 is 2.57. The van der Waals surface area contributed by atoms with E-state index >= 15 is 0 Å². The normalized spacial score (nSPS) is 10.8. The summed E-state index contributed by atoms with van der Waals surface area (Å²) in [7, 11) is 0. The van der Waals surface area contributed by atoms with Crippen molar-refractivity contribution in [2.45, 2.75) is 17.0 Å². The van der Waals surface area contributed by atoms with Gasteiger partial charge in [-0.1, -0.05) is 29.2 Å². The van der Waals surface area contributed by atoms with Gasteiger partial charge in [0.2, 0.25) is 0 Å². The van der Waals surface area contributed by atoms with E-state index in [0.717, 1.165) is 22.6 Å². The molecule has 3 rings (SSSR count). The van der Waals surface area contributed by atoms with E-state index in [1.165, 1.54) is 17.3 Å². The maximum Gasteiger partial charge on any atom is 0.174 e. The molecule has 3 aromatic rings. The molecule has 0 unspecified atom stereocenters. The molecule has 0 N–H and O–H groups in total. The topological polar surface area (TPSA) is 83.7 Å². The van der Waals surface area contributed by atoms with Crippen molar-refractivity contribution in [1.82, 2.24) is 19.7 Å². The number of carboxylic acid groups (broad SMARTS) is 1. The first-order valence-corrected chi connectivity index (χ1v) is 8.19. The maximum atomic E-state index is 10.7. The van der Waals surface area contributed by atoms with Gasteiger partial charge >= 0.3 is 0 Å². The lowest BCUT2D eigenvalue weighted by Crippen LogP contribution is -2.21.